The van der Waals surface area contributed by atoms with E-state index < -0.39 is 0 Å². The lowest BCUT2D eigenvalue weighted by molar-refractivity contribution is -0.119. The highest BCUT2D eigenvalue weighted by molar-refractivity contribution is 5.88. The van der Waals surface area contributed by atoms with Gasteiger partial charge in [-0.3, -0.25) is 4.79 Å². The number of rotatable bonds is 0. The van der Waals surface area contributed by atoms with Crippen molar-refractivity contribution in [2.45, 2.75) is 19.3 Å². The molecule has 1 heteroatoms. The van der Waals surface area contributed by atoms with Gasteiger partial charge < -0.3 is 0 Å². The lowest BCUT2D eigenvalue weighted by atomic mass is 10.1. The van der Waals surface area contributed by atoms with Crippen LogP contribution in [0.15, 0.2) is 0 Å². The predicted molar refractivity (Wildman–Crippen MR) is 32.8 cm³/mol. The number of fused-ring (bicyclic) bond motifs is 1. The van der Waals surface area contributed by atoms with Crippen molar-refractivity contribution in [1.29, 1.82) is 0 Å². The Labute approximate surface area is 54.4 Å². The van der Waals surface area contributed by atoms with Crippen LogP contribution in [0.3, 0.4) is 0 Å². The van der Waals surface area contributed by atoms with Gasteiger partial charge in [0, 0.05) is 12.3 Å². The Morgan fingerprint density at radius 2 is 2.22 bits per heavy atom. The molecule has 0 aromatic rings. The summed E-state index contributed by atoms with van der Waals surface area (Å²) in [6.45, 7) is 0. The highest BCUT2D eigenvalue weighted by Crippen LogP contribution is 2.66. The van der Waals surface area contributed by atoms with Crippen molar-refractivity contribution in [1.82, 2.24) is 0 Å². The molecule has 0 aromatic carbocycles. The van der Waals surface area contributed by atoms with E-state index in [-0.39, 0.29) is 0 Å². The summed E-state index contributed by atoms with van der Waals surface area (Å²) in [6.07, 6.45) is 3.66. The van der Waals surface area contributed by atoms with Gasteiger partial charge in [-0.15, -0.1) is 0 Å². The van der Waals surface area contributed by atoms with Crippen LogP contribution in [0, 0.1) is 23.7 Å². The molecule has 3 saturated carbocycles. The monoisotopic (exact) mass is 122 g/mol. The molecule has 48 valence electrons. The Balaban J connectivity index is 2.05. The van der Waals surface area contributed by atoms with Gasteiger partial charge in [-0.05, 0) is 30.6 Å². The molecular formula is C8H10O. The van der Waals surface area contributed by atoms with Crippen molar-refractivity contribution >= 4 is 5.78 Å². The van der Waals surface area contributed by atoms with E-state index in [9.17, 15) is 4.79 Å². The second-order valence-corrected chi connectivity index (χ2v) is 3.77. The van der Waals surface area contributed by atoms with E-state index in [0.717, 1.165) is 24.2 Å². The average Bonchev–Trinajstić information content (AvgIpc) is 2.34. The molecule has 0 aromatic heterocycles. The van der Waals surface area contributed by atoms with Crippen LogP contribution in [0.4, 0.5) is 0 Å². The van der Waals surface area contributed by atoms with Crippen LogP contribution in [-0.2, 0) is 4.79 Å². The molecule has 0 N–H and O–H groups in total. The van der Waals surface area contributed by atoms with Crippen LogP contribution in [-0.4, -0.2) is 5.78 Å². The summed E-state index contributed by atoms with van der Waals surface area (Å²) in [7, 11) is 0. The molecule has 3 aliphatic rings. The summed E-state index contributed by atoms with van der Waals surface area (Å²) in [5.41, 5.74) is 0. The zero-order valence-corrected chi connectivity index (χ0v) is 5.34. The molecule has 0 unspecified atom stereocenters. The first kappa shape index (κ1) is 4.48. The van der Waals surface area contributed by atoms with Gasteiger partial charge in [-0.25, -0.2) is 0 Å². The van der Waals surface area contributed by atoms with Crippen molar-refractivity contribution in [2.75, 3.05) is 0 Å². The van der Waals surface area contributed by atoms with Gasteiger partial charge in [0.1, 0.15) is 5.78 Å². The molecule has 1 nitrogen and oxygen atoms in total. The van der Waals surface area contributed by atoms with Crippen LogP contribution < -0.4 is 0 Å². The molecule has 0 amide bonds. The van der Waals surface area contributed by atoms with Gasteiger partial charge in [0.25, 0.3) is 0 Å². The zero-order valence-electron chi connectivity index (χ0n) is 5.34. The fourth-order valence-electron chi connectivity index (χ4n) is 3.10. The van der Waals surface area contributed by atoms with Crippen LogP contribution in [0.1, 0.15) is 19.3 Å². The van der Waals surface area contributed by atoms with E-state index in [1.54, 1.807) is 0 Å². The van der Waals surface area contributed by atoms with Crippen molar-refractivity contribution in [3.05, 3.63) is 0 Å². The summed E-state index contributed by atoms with van der Waals surface area (Å²) >= 11 is 0. The highest BCUT2D eigenvalue weighted by Gasteiger charge is 2.65. The minimum atomic E-state index is 0.573. The summed E-state index contributed by atoms with van der Waals surface area (Å²) in [6, 6.07) is 0. The third-order valence-electron chi connectivity index (χ3n) is 3.48. The molecule has 3 rings (SSSR count). The lowest BCUT2D eigenvalue weighted by Gasteiger charge is -1.98. The van der Waals surface area contributed by atoms with Crippen molar-refractivity contribution < 1.29 is 4.79 Å². The molecule has 9 heavy (non-hydrogen) atoms. The molecule has 0 aliphatic heterocycles. The Morgan fingerprint density at radius 1 is 1.33 bits per heavy atom. The van der Waals surface area contributed by atoms with Gasteiger partial charge in [0.2, 0.25) is 0 Å². The summed E-state index contributed by atoms with van der Waals surface area (Å²) in [5, 5.41) is 0. The van der Waals surface area contributed by atoms with Crippen molar-refractivity contribution in [3.63, 3.8) is 0 Å². The summed E-state index contributed by atoms with van der Waals surface area (Å²) in [5.74, 6) is 3.76. The van der Waals surface area contributed by atoms with Crippen molar-refractivity contribution in [2.24, 2.45) is 23.7 Å². The maximum absolute atomic E-state index is 11.1. The molecule has 0 radical (unpaired) electrons. The van der Waals surface area contributed by atoms with Crippen LogP contribution in [0.5, 0.6) is 0 Å². The first-order valence-electron chi connectivity index (χ1n) is 3.90. The fourth-order valence-corrected chi connectivity index (χ4v) is 3.10. The zero-order chi connectivity index (χ0) is 6.01. The fraction of sp³-hybridized carbons (Fsp3) is 0.875. The van der Waals surface area contributed by atoms with E-state index in [0.29, 0.717) is 11.7 Å². The third-order valence-corrected chi connectivity index (χ3v) is 3.48. The van der Waals surface area contributed by atoms with E-state index in [1.165, 1.54) is 12.8 Å². The standard InChI is InChI=1S/C8H10O/c9-6-3-4-1-2-5-7(4)8(5)6/h4-5,7-8H,1-3H2/t4-,5-,7-,8-/m0/s1. The van der Waals surface area contributed by atoms with Gasteiger partial charge in [-0.1, -0.05) is 0 Å². The molecule has 3 aliphatic carbocycles. The Hall–Kier alpha value is -0.330. The number of ketones is 1. The minimum absolute atomic E-state index is 0.573. The average molecular weight is 122 g/mol. The van der Waals surface area contributed by atoms with Crippen LogP contribution >= 0.6 is 0 Å². The number of Topliss-reactive ketones (excluding diaryl/α,β-unsaturated/α-hetero) is 1. The smallest absolute Gasteiger partial charge is 0.136 e. The quantitative estimate of drug-likeness (QED) is 0.472. The number of hydrogen-bond acceptors (Lipinski definition) is 1. The van der Waals surface area contributed by atoms with E-state index in [2.05, 4.69) is 0 Å². The Bertz CT molecular complexity index is 185. The normalized spacial score (nSPS) is 60.2. The maximum Gasteiger partial charge on any atom is 0.136 e. The van der Waals surface area contributed by atoms with Gasteiger partial charge in [0.05, 0.1) is 0 Å². The number of carbonyl (C=O) groups is 1. The van der Waals surface area contributed by atoms with E-state index in [1.807, 2.05) is 0 Å². The molecule has 4 atom stereocenters. The van der Waals surface area contributed by atoms with Gasteiger partial charge >= 0.3 is 0 Å². The Kier molecular flexibility index (Phi) is 0.544. The first-order valence-corrected chi connectivity index (χ1v) is 3.90. The van der Waals surface area contributed by atoms with Gasteiger partial charge in [-0.2, -0.15) is 0 Å². The third kappa shape index (κ3) is 0.347. The van der Waals surface area contributed by atoms with Gasteiger partial charge in [0.15, 0.2) is 0 Å². The SMILES string of the molecule is O=C1C[C@@H]2CC[C@@H]3[C@@H]1[C@@H]23. The highest BCUT2D eigenvalue weighted by atomic mass is 16.1. The van der Waals surface area contributed by atoms with E-state index >= 15 is 0 Å². The Morgan fingerprint density at radius 3 is 2.78 bits per heavy atom. The number of hydrogen-bond donors (Lipinski definition) is 0. The maximum atomic E-state index is 11.1. The topological polar surface area (TPSA) is 17.1 Å². The van der Waals surface area contributed by atoms with Crippen LogP contribution in [0.25, 0.3) is 0 Å². The van der Waals surface area contributed by atoms with Crippen LogP contribution in [0.2, 0.25) is 0 Å². The minimum Gasteiger partial charge on any atom is -0.299 e. The second-order valence-electron chi connectivity index (χ2n) is 3.77. The molecule has 0 heterocycles. The molecule has 3 fully saturated rings. The largest absolute Gasteiger partial charge is 0.299 e. The first-order chi connectivity index (χ1) is 4.38. The van der Waals surface area contributed by atoms with Crippen molar-refractivity contribution in [3.8, 4) is 0 Å². The van der Waals surface area contributed by atoms with E-state index in [4.69, 9.17) is 0 Å². The molecular weight excluding hydrogens is 112 g/mol. The summed E-state index contributed by atoms with van der Waals surface area (Å²) < 4.78 is 0. The second kappa shape index (κ2) is 1.09. The predicted octanol–water partition coefficient (Wildman–Crippen LogP) is 1.23. The number of carbonyl (C=O) groups excluding carboxylic acids is 1. The summed E-state index contributed by atoms with van der Waals surface area (Å²) in [4.78, 5) is 11.1. The molecule has 0 spiro atoms. The lowest BCUT2D eigenvalue weighted by Crippen LogP contribution is -1.97. The molecule has 0 bridgehead atoms. The molecule has 0 saturated heterocycles.